The maximum Gasteiger partial charge on any atom is 0.238 e. The molecule has 0 fully saturated rings. The van der Waals surface area contributed by atoms with Gasteiger partial charge in [0.2, 0.25) is 11.8 Å². The molecular weight excluding hydrogens is 390 g/mol. The molecule has 0 saturated carbocycles. The minimum atomic E-state index is -1.67. The van der Waals surface area contributed by atoms with Crippen LogP contribution in [-0.2, 0) is 16.1 Å². The molecule has 0 aliphatic heterocycles. The Kier molecular flexibility index (Phi) is 8.14. The molecular formula is C20H21F4N3O2. The lowest BCUT2D eigenvalue weighted by molar-refractivity contribution is -0.123. The number of halogens is 4. The first-order valence-corrected chi connectivity index (χ1v) is 8.97. The Morgan fingerprint density at radius 1 is 0.897 bits per heavy atom. The Morgan fingerprint density at radius 2 is 1.55 bits per heavy atom. The molecule has 2 rings (SSSR count). The SMILES string of the molecule is CCCN(CC(=O)NCc1ccc(F)cc1)CC(=O)Nc1ccc(F)c(F)c1F. The zero-order valence-corrected chi connectivity index (χ0v) is 15.8. The number of amides is 2. The van der Waals surface area contributed by atoms with Crippen LogP contribution in [0.1, 0.15) is 18.9 Å². The van der Waals surface area contributed by atoms with Gasteiger partial charge in [-0.05, 0) is 42.8 Å². The fraction of sp³-hybridized carbons (Fsp3) is 0.300. The van der Waals surface area contributed by atoms with Crippen LogP contribution in [0, 0.1) is 23.3 Å². The minimum absolute atomic E-state index is 0.0945. The summed E-state index contributed by atoms with van der Waals surface area (Å²) in [7, 11) is 0. The van der Waals surface area contributed by atoms with Gasteiger partial charge in [0.15, 0.2) is 17.5 Å². The average Bonchev–Trinajstić information content (AvgIpc) is 2.68. The summed E-state index contributed by atoms with van der Waals surface area (Å²) in [5.74, 6) is -5.92. The predicted octanol–water partition coefficient (Wildman–Crippen LogP) is 3.21. The first-order valence-electron chi connectivity index (χ1n) is 8.97. The van der Waals surface area contributed by atoms with Crippen LogP contribution >= 0.6 is 0 Å². The molecule has 0 radical (unpaired) electrons. The monoisotopic (exact) mass is 411 g/mol. The van der Waals surface area contributed by atoms with Gasteiger partial charge in [-0.25, -0.2) is 17.6 Å². The standard InChI is InChI=1S/C20H21F4N3O2/c1-2-9-27(11-17(28)25-10-13-3-5-14(21)6-4-13)12-18(29)26-16-8-7-15(22)19(23)20(16)24/h3-8H,2,9-12H2,1H3,(H,25,28)(H,26,29). The number of nitrogens with zero attached hydrogens (tertiary/aromatic N) is 1. The number of rotatable bonds is 9. The van der Waals surface area contributed by atoms with E-state index in [-0.39, 0.29) is 31.4 Å². The van der Waals surface area contributed by atoms with Crippen LogP contribution < -0.4 is 10.6 Å². The summed E-state index contributed by atoms with van der Waals surface area (Å²) in [5, 5.41) is 4.84. The summed E-state index contributed by atoms with van der Waals surface area (Å²) >= 11 is 0. The van der Waals surface area contributed by atoms with Crippen LogP contribution in [0.25, 0.3) is 0 Å². The second-order valence-corrected chi connectivity index (χ2v) is 6.38. The van der Waals surface area contributed by atoms with Crippen molar-refractivity contribution in [1.29, 1.82) is 0 Å². The molecule has 5 nitrogen and oxygen atoms in total. The number of hydrogen-bond acceptors (Lipinski definition) is 3. The fourth-order valence-corrected chi connectivity index (χ4v) is 2.61. The van der Waals surface area contributed by atoms with Crippen LogP contribution in [0.2, 0.25) is 0 Å². The molecule has 0 aliphatic rings. The van der Waals surface area contributed by atoms with Gasteiger partial charge in [0.25, 0.3) is 0 Å². The molecule has 156 valence electrons. The van der Waals surface area contributed by atoms with Crippen molar-refractivity contribution < 1.29 is 27.2 Å². The summed E-state index contributed by atoms with van der Waals surface area (Å²) in [6, 6.07) is 7.29. The molecule has 0 bridgehead atoms. The van der Waals surface area contributed by atoms with Gasteiger partial charge in [-0.15, -0.1) is 0 Å². The average molecular weight is 411 g/mol. The molecule has 2 amide bonds. The molecule has 2 aromatic rings. The van der Waals surface area contributed by atoms with Gasteiger partial charge in [0.1, 0.15) is 5.82 Å². The highest BCUT2D eigenvalue weighted by atomic mass is 19.2. The maximum absolute atomic E-state index is 13.7. The van der Waals surface area contributed by atoms with Crippen molar-refractivity contribution in [3.63, 3.8) is 0 Å². The predicted molar refractivity (Wildman–Crippen MR) is 99.9 cm³/mol. The van der Waals surface area contributed by atoms with Gasteiger partial charge in [-0.1, -0.05) is 19.1 Å². The van der Waals surface area contributed by atoms with E-state index in [0.717, 1.165) is 6.07 Å². The first kappa shape index (κ1) is 22.4. The van der Waals surface area contributed by atoms with Crippen LogP contribution in [0.5, 0.6) is 0 Å². The van der Waals surface area contributed by atoms with E-state index in [1.54, 1.807) is 12.1 Å². The quantitative estimate of drug-likeness (QED) is 0.492. The Balaban J connectivity index is 1.89. The molecule has 9 heteroatoms. The Morgan fingerprint density at radius 3 is 2.21 bits per heavy atom. The smallest absolute Gasteiger partial charge is 0.238 e. The minimum Gasteiger partial charge on any atom is -0.351 e. The summed E-state index contributed by atoms with van der Waals surface area (Å²) in [5.41, 5.74) is 0.236. The Hall–Kier alpha value is -2.94. The lowest BCUT2D eigenvalue weighted by Crippen LogP contribution is -2.41. The van der Waals surface area contributed by atoms with Gasteiger partial charge >= 0.3 is 0 Å². The van der Waals surface area contributed by atoms with Gasteiger partial charge in [0.05, 0.1) is 18.8 Å². The highest BCUT2D eigenvalue weighted by Crippen LogP contribution is 2.19. The molecule has 0 saturated heterocycles. The first-order chi connectivity index (χ1) is 13.8. The van der Waals surface area contributed by atoms with Crippen LogP contribution in [-0.4, -0.2) is 36.3 Å². The van der Waals surface area contributed by atoms with E-state index >= 15 is 0 Å². The topological polar surface area (TPSA) is 61.4 Å². The highest BCUT2D eigenvalue weighted by Gasteiger charge is 2.18. The molecule has 0 aromatic heterocycles. The number of carbonyl (C=O) groups excluding carboxylic acids is 2. The third-order valence-corrected chi connectivity index (χ3v) is 3.99. The number of hydrogen-bond donors (Lipinski definition) is 2. The number of nitrogens with one attached hydrogen (secondary N) is 2. The van der Waals surface area contributed by atoms with E-state index in [4.69, 9.17) is 0 Å². The summed E-state index contributed by atoms with van der Waals surface area (Å²) in [4.78, 5) is 25.8. The Bertz CT molecular complexity index is 860. The van der Waals surface area contributed by atoms with E-state index < -0.39 is 29.0 Å². The van der Waals surface area contributed by atoms with E-state index in [2.05, 4.69) is 10.6 Å². The summed E-state index contributed by atoms with van der Waals surface area (Å²) in [6.07, 6.45) is 0.651. The van der Waals surface area contributed by atoms with E-state index in [0.29, 0.717) is 24.6 Å². The maximum atomic E-state index is 13.7. The lowest BCUT2D eigenvalue weighted by Gasteiger charge is -2.20. The molecule has 0 spiro atoms. The van der Waals surface area contributed by atoms with E-state index in [9.17, 15) is 27.2 Å². The van der Waals surface area contributed by atoms with Crippen LogP contribution in [0.3, 0.4) is 0 Å². The number of benzene rings is 2. The van der Waals surface area contributed by atoms with Crippen LogP contribution in [0.15, 0.2) is 36.4 Å². The molecule has 0 aliphatic carbocycles. The number of carbonyl (C=O) groups is 2. The number of anilines is 1. The van der Waals surface area contributed by atoms with Crippen molar-refractivity contribution in [2.75, 3.05) is 25.0 Å². The molecule has 2 N–H and O–H groups in total. The molecule has 29 heavy (non-hydrogen) atoms. The van der Waals surface area contributed by atoms with Crippen molar-refractivity contribution in [2.45, 2.75) is 19.9 Å². The van der Waals surface area contributed by atoms with Crippen molar-refractivity contribution in [2.24, 2.45) is 0 Å². The zero-order valence-electron chi connectivity index (χ0n) is 15.8. The summed E-state index contributed by atoms with van der Waals surface area (Å²) < 4.78 is 52.8. The third-order valence-electron chi connectivity index (χ3n) is 3.99. The summed E-state index contributed by atoms with van der Waals surface area (Å²) in [6.45, 7) is 2.14. The largest absolute Gasteiger partial charge is 0.351 e. The second-order valence-electron chi connectivity index (χ2n) is 6.38. The van der Waals surface area contributed by atoms with E-state index in [1.165, 1.54) is 17.0 Å². The normalized spacial score (nSPS) is 10.8. The lowest BCUT2D eigenvalue weighted by atomic mass is 10.2. The molecule has 0 unspecified atom stereocenters. The van der Waals surface area contributed by atoms with E-state index in [1.807, 2.05) is 6.92 Å². The van der Waals surface area contributed by atoms with Crippen molar-refractivity contribution in [1.82, 2.24) is 10.2 Å². The van der Waals surface area contributed by atoms with Crippen LogP contribution in [0.4, 0.5) is 23.2 Å². The second kappa shape index (κ2) is 10.6. The van der Waals surface area contributed by atoms with Gasteiger partial charge in [-0.2, -0.15) is 0 Å². The van der Waals surface area contributed by atoms with Crippen molar-refractivity contribution in [3.8, 4) is 0 Å². The molecule has 0 heterocycles. The van der Waals surface area contributed by atoms with Crippen molar-refractivity contribution >= 4 is 17.5 Å². The zero-order chi connectivity index (χ0) is 21.4. The van der Waals surface area contributed by atoms with Crippen molar-refractivity contribution in [3.05, 3.63) is 65.2 Å². The molecule has 2 aromatic carbocycles. The van der Waals surface area contributed by atoms with Gasteiger partial charge < -0.3 is 10.6 Å². The third kappa shape index (κ3) is 6.86. The van der Waals surface area contributed by atoms with Gasteiger partial charge in [0, 0.05) is 6.54 Å². The fourth-order valence-electron chi connectivity index (χ4n) is 2.61. The highest BCUT2D eigenvalue weighted by molar-refractivity contribution is 5.92. The Labute approximate surface area is 165 Å². The molecule has 0 atom stereocenters. The van der Waals surface area contributed by atoms with Gasteiger partial charge in [-0.3, -0.25) is 14.5 Å².